The first-order chi connectivity index (χ1) is 15.2. The van der Waals surface area contributed by atoms with Crippen molar-refractivity contribution in [3.8, 4) is 5.75 Å². The van der Waals surface area contributed by atoms with Gasteiger partial charge in [0.05, 0.1) is 9.92 Å². The Hall–Kier alpha value is -2.68. The standard InChI is InChI=1S/C23H22ClNO6S/c1-3-19(25-32(28,29)14-9-7-13(2)8-10-14)23(27)31-21-12-20-17(11-18(21)24)15-5-4-6-16(15)22(26)30-20/h7-12,19,25H,3-6H2,1-2H3/t19-/m0/s1. The molecule has 0 aliphatic heterocycles. The van der Waals surface area contributed by atoms with E-state index in [9.17, 15) is 18.0 Å². The molecular weight excluding hydrogens is 454 g/mol. The number of hydrogen-bond acceptors (Lipinski definition) is 6. The van der Waals surface area contributed by atoms with E-state index in [1.165, 1.54) is 18.2 Å². The Morgan fingerprint density at radius 1 is 1.19 bits per heavy atom. The highest BCUT2D eigenvalue weighted by Gasteiger charge is 2.27. The average molecular weight is 476 g/mol. The molecule has 0 saturated heterocycles. The molecule has 1 atom stereocenters. The molecule has 0 saturated carbocycles. The van der Waals surface area contributed by atoms with Crippen molar-refractivity contribution in [3.63, 3.8) is 0 Å². The van der Waals surface area contributed by atoms with Crippen LogP contribution in [0.1, 0.15) is 36.5 Å². The third-order valence-electron chi connectivity index (χ3n) is 5.56. The molecule has 168 valence electrons. The van der Waals surface area contributed by atoms with Gasteiger partial charge in [0.15, 0.2) is 5.75 Å². The first-order valence-electron chi connectivity index (χ1n) is 10.3. The van der Waals surface area contributed by atoms with Crippen LogP contribution in [0.15, 0.2) is 50.5 Å². The van der Waals surface area contributed by atoms with E-state index in [1.807, 2.05) is 6.92 Å². The number of carbonyl (C=O) groups is 1. The Kier molecular flexibility index (Phi) is 6.11. The largest absolute Gasteiger partial charge is 0.424 e. The van der Waals surface area contributed by atoms with Crippen molar-refractivity contribution in [1.29, 1.82) is 0 Å². The Morgan fingerprint density at radius 2 is 1.88 bits per heavy atom. The van der Waals surface area contributed by atoms with Crippen LogP contribution in [-0.2, 0) is 27.7 Å². The monoisotopic (exact) mass is 475 g/mol. The summed E-state index contributed by atoms with van der Waals surface area (Å²) in [5.74, 6) is -0.814. The SMILES string of the molecule is CC[C@H](NS(=O)(=O)c1ccc(C)cc1)C(=O)Oc1cc2oc(=O)c3c(c2cc1Cl)CCC3. The van der Waals surface area contributed by atoms with Gasteiger partial charge in [-0.15, -0.1) is 0 Å². The molecule has 1 aromatic heterocycles. The van der Waals surface area contributed by atoms with Crippen LogP contribution in [-0.4, -0.2) is 20.4 Å². The molecule has 0 spiro atoms. The summed E-state index contributed by atoms with van der Waals surface area (Å²) in [5, 5.41) is 0.888. The lowest BCUT2D eigenvalue weighted by molar-refractivity contribution is -0.136. The number of ether oxygens (including phenoxy) is 1. The van der Waals surface area contributed by atoms with E-state index in [-0.39, 0.29) is 27.7 Å². The van der Waals surface area contributed by atoms with Crippen molar-refractivity contribution < 1.29 is 22.4 Å². The van der Waals surface area contributed by atoms with E-state index in [2.05, 4.69) is 4.72 Å². The van der Waals surface area contributed by atoms with Gasteiger partial charge in [-0.1, -0.05) is 36.2 Å². The summed E-state index contributed by atoms with van der Waals surface area (Å²) < 4.78 is 38.5. The smallest absolute Gasteiger partial charge is 0.339 e. The predicted molar refractivity (Wildman–Crippen MR) is 121 cm³/mol. The van der Waals surface area contributed by atoms with Crippen molar-refractivity contribution >= 4 is 38.6 Å². The number of nitrogens with one attached hydrogen (secondary N) is 1. The van der Waals surface area contributed by atoms with E-state index < -0.39 is 27.7 Å². The van der Waals surface area contributed by atoms with E-state index in [0.717, 1.165) is 24.0 Å². The number of esters is 1. The number of hydrogen-bond donors (Lipinski definition) is 1. The molecule has 1 aliphatic rings. The summed E-state index contributed by atoms with van der Waals surface area (Å²) in [6.07, 6.45) is 2.46. The summed E-state index contributed by atoms with van der Waals surface area (Å²) in [6, 6.07) is 8.17. The van der Waals surface area contributed by atoms with Crippen LogP contribution < -0.4 is 15.1 Å². The van der Waals surface area contributed by atoms with Gasteiger partial charge in [-0.3, -0.25) is 0 Å². The lowest BCUT2D eigenvalue weighted by atomic mass is 10.1. The average Bonchev–Trinajstić information content (AvgIpc) is 3.24. The number of benzene rings is 2. The van der Waals surface area contributed by atoms with Crippen LogP contribution in [0, 0.1) is 6.92 Å². The fourth-order valence-electron chi connectivity index (χ4n) is 3.81. The molecule has 9 heteroatoms. The minimum atomic E-state index is -3.93. The van der Waals surface area contributed by atoms with Crippen LogP contribution in [0.5, 0.6) is 5.75 Å². The van der Waals surface area contributed by atoms with Crippen LogP contribution in [0.25, 0.3) is 11.0 Å². The second kappa shape index (κ2) is 8.69. The molecule has 32 heavy (non-hydrogen) atoms. The van der Waals surface area contributed by atoms with Gasteiger partial charge in [-0.05, 0) is 56.4 Å². The fraction of sp³-hybridized carbons (Fsp3) is 0.304. The molecule has 0 unspecified atom stereocenters. The highest BCUT2D eigenvalue weighted by atomic mass is 35.5. The minimum Gasteiger partial charge on any atom is -0.424 e. The normalized spacial score (nSPS) is 14.3. The summed E-state index contributed by atoms with van der Waals surface area (Å²) in [4.78, 5) is 25.0. The quantitative estimate of drug-likeness (QED) is 0.329. The molecular formula is C23H22ClNO6S. The molecule has 1 N–H and O–H groups in total. The number of sulfonamides is 1. The molecule has 0 radical (unpaired) electrons. The summed E-state index contributed by atoms with van der Waals surface area (Å²) in [5.41, 5.74) is 2.36. The predicted octanol–water partition coefficient (Wildman–Crippen LogP) is 3.91. The zero-order valence-corrected chi connectivity index (χ0v) is 19.2. The van der Waals surface area contributed by atoms with Crippen molar-refractivity contribution in [1.82, 2.24) is 4.72 Å². The lowest BCUT2D eigenvalue weighted by Gasteiger charge is -2.17. The minimum absolute atomic E-state index is 0.00162. The highest BCUT2D eigenvalue weighted by molar-refractivity contribution is 7.89. The number of fused-ring (bicyclic) bond motifs is 3. The van der Waals surface area contributed by atoms with E-state index in [4.69, 9.17) is 20.8 Å². The van der Waals surface area contributed by atoms with Crippen LogP contribution in [0.4, 0.5) is 0 Å². The Bertz CT molecular complexity index is 1360. The van der Waals surface area contributed by atoms with Gasteiger partial charge >= 0.3 is 11.6 Å². The Balaban J connectivity index is 1.59. The maximum Gasteiger partial charge on any atom is 0.339 e. The molecule has 1 aliphatic carbocycles. The highest BCUT2D eigenvalue weighted by Crippen LogP contribution is 2.35. The zero-order chi connectivity index (χ0) is 23.0. The van der Waals surface area contributed by atoms with Gasteiger partial charge in [0, 0.05) is 17.0 Å². The third kappa shape index (κ3) is 4.30. The van der Waals surface area contributed by atoms with Gasteiger partial charge < -0.3 is 9.15 Å². The summed E-state index contributed by atoms with van der Waals surface area (Å²) >= 11 is 6.34. The Morgan fingerprint density at radius 3 is 2.56 bits per heavy atom. The first kappa shape index (κ1) is 22.5. The topological polar surface area (TPSA) is 103 Å². The molecule has 0 fully saturated rings. The molecule has 1 heterocycles. The summed E-state index contributed by atoms with van der Waals surface area (Å²) in [7, 11) is -3.93. The number of aryl methyl sites for hydroxylation is 2. The van der Waals surface area contributed by atoms with Gasteiger partial charge in [0.2, 0.25) is 10.0 Å². The lowest BCUT2D eigenvalue weighted by Crippen LogP contribution is -2.42. The van der Waals surface area contributed by atoms with Crippen molar-refractivity contribution in [3.05, 3.63) is 68.5 Å². The molecule has 0 amide bonds. The molecule has 7 nitrogen and oxygen atoms in total. The number of rotatable bonds is 6. The maximum absolute atomic E-state index is 12.7. The van der Waals surface area contributed by atoms with Crippen LogP contribution in [0.3, 0.4) is 0 Å². The Labute approximate surface area is 190 Å². The molecule has 3 aromatic rings. The number of carbonyl (C=O) groups excluding carboxylic acids is 1. The maximum atomic E-state index is 12.7. The van der Waals surface area contributed by atoms with Gasteiger partial charge in [-0.2, -0.15) is 4.72 Å². The second-order valence-electron chi connectivity index (χ2n) is 7.80. The fourth-order valence-corrected chi connectivity index (χ4v) is 5.28. The van der Waals surface area contributed by atoms with Crippen molar-refractivity contribution in [2.45, 2.75) is 50.5 Å². The van der Waals surface area contributed by atoms with Gasteiger partial charge in [0.1, 0.15) is 11.6 Å². The van der Waals surface area contributed by atoms with E-state index in [1.54, 1.807) is 25.1 Å². The summed E-state index contributed by atoms with van der Waals surface area (Å²) in [6.45, 7) is 3.51. The van der Waals surface area contributed by atoms with E-state index >= 15 is 0 Å². The van der Waals surface area contributed by atoms with E-state index in [0.29, 0.717) is 17.4 Å². The zero-order valence-electron chi connectivity index (χ0n) is 17.6. The molecule has 2 aromatic carbocycles. The third-order valence-corrected chi connectivity index (χ3v) is 7.34. The van der Waals surface area contributed by atoms with Crippen molar-refractivity contribution in [2.24, 2.45) is 0 Å². The number of halogens is 1. The van der Waals surface area contributed by atoms with Gasteiger partial charge in [-0.25, -0.2) is 18.0 Å². The van der Waals surface area contributed by atoms with Crippen LogP contribution >= 0.6 is 11.6 Å². The van der Waals surface area contributed by atoms with Crippen LogP contribution in [0.2, 0.25) is 5.02 Å². The molecule has 4 rings (SSSR count). The first-order valence-corrected chi connectivity index (χ1v) is 12.1. The van der Waals surface area contributed by atoms with Crippen molar-refractivity contribution in [2.75, 3.05) is 0 Å². The second-order valence-corrected chi connectivity index (χ2v) is 9.92. The van der Waals surface area contributed by atoms with Gasteiger partial charge in [0.25, 0.3) is 0 Å². The molecule has 0 bridgehead atoms.